The average Bonchev–Trinajstić information content (AvgIpc) is 2.84. The van der Waals surface area contributed by atoms with Gasteiger partial charge in [-0.3, -0.25) is 0 Å². The lowest BCUT2D eigenvalue weighted by Crippen LogP contribution is -2.05. The summed E-state index contributed by atoms with van der Waals surface area (Å²) in [6, 6.07) is 3.74. The Balaban J connectivity index is 1.61. The number of anilines is 2. The molecule has 0 radical (unpaired) electrons. The third-order valence-corrected chi connectivity index (χ3v) is 2.49. The lowest BCUT2D eigenvalue weighted by molar-refractivity contribution is 0.620. The molecule has 0 spiro atoms. The van der Waals surface area contributed by atoms with Crippen LogP contribution in [0, 0.1) is 0 Å². The minimum atomic E-state index is 0.690. The van der Waals surface area contributed by atoms with Crippen LogP contribution in [0.1, 0.15) is 12.8 Å². The highest BCUT2D eigenvalue weighted by Gasteiger charge is 1.94. The molecule has 0 saturated heterocycles. The van der Waals surface area contributed by atoms with Crippen LogP contribution in [-0.4, -0.2) is 21.1 Å². The second-order valence-electron chi connectivity index (χ2n) is 3.91. The van der Waals surface area contributed by atoms with E-state index >= 15 is 0 Å². The Morgan fingerprint density at radius 3 is 2.94 bits per heavy atom. The minimum absolute atomic E-state index is 0.690. The smallest absolute Gasteiger partial charge is 0.126 e. The van der Waals surface area contributed by atoms with Crippen molar-refractivity contribution in [1.82, 2.24) is 14.5 Å². The van der Waals surface area contributed by atoms with E-state index < -0.39 is 0 Å². The Hall–Kier alpha value is -2.04. The van der Waals surface area contributed by atoms with Crippen molar-refractivity contribution in [2.24, 2.45) is 0 Å². The minimum Gasteiger partial charge on any atom is -0.397 e. The number of nitrogens with zero attached hydrogens (tertiary/aromatic N) is 3. The second-order valence-corrected chi connectivity index (χ2v) is 3.91. The molecule has 0 saturated carbocycles. The number of hydrogen-bond acceptors (Lipinski definition) is 4. The molecule has 0 bridgehead atoms. The zero-order chi connectivity index (χ0) is 11.9. The van der Waals surface area contributed by atoms with E-state index in [0.717, 1.165) is 31.7 Å². The highest BCUT2D eigenvalue weighted by atomic mass is 15.0. The molecular formula is C12H17N5. The van der Waals surface area contributed by atoms with Crippen molar-refractivity contribution >= 4 is 11.5 Å². The number of hydrogen-bond donors (Lipinski definition) is 2. The van der Waals surface area contributed by atoms with Crippen molar-refractivity contribution in [2.45, 2.75) is 19.4 Å². The Bertz CT molecular complexity index is 421. The summed E-state index contributed by atoms with van der Waals surface area (Å²) in [6.07, 6.45) is 9.51. The van der Waals surface area contributed by atoms with E-state index in [1.807, 2.05) is 24.7 Å². The number of pyridine rings is 1. The molecule has 0 aliphatic heterocycles. The fraction of sp³-hybridized carbons (Fsp3) is 0.333. The molecule has 2 aromatic heterocycles. The summed E-state index contributed by atoms with van der Waals surface area (Å²) >= 11 is 0. The standard InChI is InChI=1S/C12H17N5/c13-11-3-4-12(16-9-11)15-5-1-2-7-17-8-6-14-10-17/h3-4,6,8-10H,1-2,5,7,13H2,(H,15,16). The molecule has 2 aromatic rings. The van der Waals surface area contributed by atoms with Gasteiger partial charge >= 0.3 is 0 Å². The number of rotatable bonds is 6. The quantitative estimate of drug-likeness (QED) is 0.743. The molecule has 0 aliphatic carbocycles. The number of unbranched alkanes of at least 4 members (excludes halogenated alkanes) is 1. The van der Waals surface area contributed by atoms with Crippen LogP contribution >= 0.6 is 0 Å². The predicted octanol–water partition coefficient (Wildman–Crippen LogP) is 1.75. The van der Waals surface area contributed by atoms with Gasteiger partial charge in [-0.25, -0.2) is 9.97 Å². The van der Waals surface area contributed by atoms with E-state index in [0.29, 0.717) is 5.69 Å². The van der Waals surface area contributed by atoms with Gasteiger partial charge in [0.15, 0.2) is 0 Å². The fourth-order valence-corrected chi connectivity index (χ4v) is 1.56. The molecule has 3 N–H and O–H groups in total. The summed E-state index contributed by atoms with van der Waals surface area (Å²) in [5.41, 5.74) is 6.25. The van der Waals surface area contributed by atoms with Gasteiger partial charge in [0, 0.05) is 25.5 Å². The molecule has 17 heavy (non-hydrogen) atoms. The Morgan fingerprint density at radius 2 is 2.24 bits per heavy atom. The van der Waals surface area contributed by atoms with Crippen LogP contribution in [0.2, 0.25) is 0 Å². The van der Waals surface area contributed by atoms with E-state index in [2.05, 4.69) is 19.9 Å². The van der Waals surface area contributed by atoms with E-state index in [1.54, 1.807) is 12.4 Å². The highest BCUT2D eigenvalue weighted by molar-refractivity contribution is 5.43. The molecule has 5 nitrogen and oxygen atoms in total. The molecule has 0 atom stereocenters. The van der Waals surface area contributed by atoms with Gasteiger partial charge in [-0.15, -0.1) is 0 Å². The van der Waals surface area contributed by atoms with Crippen LogP contribution in [0.15, 0.2) is 37.1 Å². The highest BCUT2D eigenvalue weighted by Crippen LogP contribution is 2.06. The predicted molar refractivity (Wildman–Crippen MR) is 68.6 cm³/mol. The van der Waals surface area contributed by atoms with E-state index in [9.17, 15) is 0 Å². The molecule has 0 fully saturated rings. The Labute approximate surface area is 101 Å². The molecule has 0 unspecified atom stereocenters. The van der Waals surface area contributed by atoms with Crippen LogP contribution in [0.4, 0.5) is 11.5 Å². The SMILES string of the molecule is Nc1ccc(NCCCCn2ccnc2)nc1. The van der Waals surface area contributed by atoms with Gasteiger partial charge in [0.05, 0.1) is 18.2 Å². The average molecular weight is 231 g/mol. The molecule has 5 heteroatoms. The van der Waals surface area contributed by atoms with Crippen molar-refractivity contribution in [1.29, 1.82) is 0 Å². The number of nitrogens with one attached hydrogen (secondary N) is 1. The van der Waals surface area contributed by atoms with E-state index in [1.165, 1.54) is 0 Å². The molecule has 90 valence electrons. The maximum Gasteiger partial charge on any atom is 0.126 e. The fourth-order valence-electron chi connectivity index (χ4n) is 1.56. The number of nitrogen functional groups attached to an aromatic ring is 1. The summed E-state index contributed by atoms with van der Waals surface area (Å²) < 4.78 is 2.08. The van der Waals surface area contributed by atoms with Crippen LogP contribution in [0.3, 0.4) is 0 Å². The van der Waals surface area contributed by atoms with Gasteiger partial charge in [-0.05, 0) is 25.0 Å². The zero-order valence-corrected chi connectivity index (χ0v) is 9.71. The summed E-state index contributed by atoms with van der Waals surface area (Å²) in [7, 11) is 0. The van der Waals surface area contributed by atoms with Crippen LogP contribution in [0.25, 0.3) is 0 Å². The first kappa shape index (κ1) is 11.4. The summed E-state index contributed by atoms with van der Waals surface area (Å²) in [5.74, 6) is 0.877. The van der Waals surface area contributed by atoms with Gasteiger partial charge in [0.25, 0.3) is 0 Å². The van der Waals surface area contributed by atoms with Crippen LogP contribution in [0.5, 0.6) is 0 Å². The van der Waals surface area contributed by atoms with Gasteiger partial charge in [0.2, 0.25) is 0 Å². The maximum absolute atomic E-state index is 5.56. The number of aryl methyl sites for hydroxylation is 1. The van der Waals surface area contributed by atoms with Crippen molar-refractivity contribution < 1.29 is 0 Å². The molecule has 2 heterocycles. The van der Waals surface area contributed by atoms with Gasteiger partial charge in [-0.2, -0.15) is 0 Å². The topological polar surface area (TPSA) is 68.8 Å². The molecule has 0 aromatic carbocycles. The lowest BCUT2D eigenvalue weighted by Gasteiger charge is -2.05. The molecule has 0 aliphatic rings. The molecule has 2 rings (SSSR count). The first-order valence-corrected chi connectivity index (χ1v) is 5.76. The van der Waals surface area contributed by atoms with E-state index in [-0.39, 0.29) is 0 Å². The third-order valence-electron chi connectivity index (χ3n) is 2.49. The lowest BCUT2D eigenvalue weighted by atomic mass is 10.3. The Morgan fingerprint density at radius 1 is 1.29 bits per heavy atom. The van der Waals surface area contributed by atoms with Crippen molar-refractivity contribution in [2.75, 3.05) is 17.6 Å². The Kier molecular flexibility index (Phi) is 3.96. The normalized spacial score (nSPS) is 10.4. The number of nitrogens with two attached hydrogens (primary N) is 1. The largest absolute Gasteiger partial charge is 0.397 e. The van der Waals surface area contributed by atoms with Gasteiger partial charge < -0.3 is 15.6 Å². The first-order chi connectivity index (χ1) is 8.34. The summed E-state index contributed by atoms with van der Waals surface area (Å²) in [4.78, 5) is 8.18. The zero-order valence-electron chi connectivity index (χ0n) is 9.71. The van der Waals surface area contributed by atoms with Crippen LogP contribution < -0.4 is 11.1 Å². The molecule has 0 amide bonds. The first-order valence-electron chi connectivity index (χ1n) is 5.76. The monoisotopic (exact) mass is 231 g/mol. The van der Waals surface area contributed by atoms with Crippen molar-refractivity contribution in [3.63, 3.8) is 0 Å². The van der Waals surface area contributed by atoms with Crippen molar-refractivity contribution in [3.8, 4) is 0 Å². The van der Waals surface area contributed by atoms with Gasteiger partial charge in [-0.1, -0.05) is 0 Å². The second kappa shape index (κ2) is 5.89. The van der Waals surface area contributed by atoms with Crippen molar-refractivity contribution in [3.05, 3.63) is 37.1 Å². The summed E-state index contributed by atoms with van der Waals surface area (Å²) in [6.45, 7) is 1.93. The van der Waals surface area contributed by atoms with Gasteiger partial charge in [0.1, 0.15) is 5.82 Å². The third kappa shape index (κ3) is 3.79. The van der Waals surface area contributed by atoms with Crippen LogP contribution in [-0.2, 0) is 6.54 Å². The number of aromatic nitrogens is 3. The number of imidazole rings is 1. The summed E-state index contributed by atoms with van der Waals surface area (Å²) in [5, 5.41) is 3.26. The maximum atomic E-state index is 5.56. The molecular weight excluding hydrogens is 214 g/mol. The van der Waals surface area contributed by atoms with E-state index in [4.69, 9.17) is 5.73 Å².